The molecule has 1 aromatic carbocycles. The molecule has 2 aliphatic heterocycles. The lowest BCUT2D eigenvalue weighted by Gasteiger charge is -2.38. The average molecular weight is 384 g/mol. The van der Waals surface area contributed by atoms with E-state index in [1.54, 1.807) is 0 Å². The monoisotopic (exact) mass is 384 g/mol. The number of fused-ring (bicyclic) bond motifs is 1. The molecule has 1 unspecified atom stereocenters. The maximum absolute atomic E-state index is 14.0. The van der Waals surface area contributed by atoms with Crippen molar-refractivity contribution >= 4 is 11.8 Å². The molecule has 2 N–H and O–H groups in total. The van der Waals surface area contributed by atoms with Crippen LogP contribution in [-0.2, 0) is 13.6 Å². The minimum atomic E-state index is -0.768. The molecule has 4 rings (SSSR count). The first kappa shape index (κ1) is 18.7. The van der Waals surface area contributed by atoms with Gasteiger partial charge in [0.05, 0.1) is 17.2 Å². The molecule has 2 aliphatic rings. The first-order chi connectivity index (χ1) is 13.4. The maximum atomic E-state index is 14.0. The van der Waals surface area contributed by atoms with Crippen LogP contribution in [0.3, 0.4) is 0 Å². The minimum absolute atomic E-state index is 0.0181. The number of nitrogens with zero attached hydrogens (tertiary/aromatic N) is 3. The molecule has 28 heavy (non-hydrogen) atoms. The molecule has 7 heteroatoms. The lowest BCUT2D eigenvalue weighted by molar-refractivity contribution is 0.0508. The predicted molar refractivity (Wildman–Crippen MR) is 103 cm³/mol. The number of likely N-dealkylation sites (tertiary alicyclic amines) is 1. The van der Waals surface area contributed by atoms with E-state index < -0.39 is 11.7 Å². The smallest absolute Gasteiger partial charge is 0.255 e. The predicted octanol–water partition coefficient (Wildman–Crippen LogP) is 2.44. The quantitative estimate of drug-likeness (QED) is 0.880. The summed E-state index contributed by atoms with van der Waals surface area (Å²) in [4.78, 5) is 29.1. The summed E-state index contributed by atoms with van der Waals surface area (Å²) in [6.07, 6.45) is 3.74. The normalized spacial score (nSPS) is 20.6. The van der Waals surface area contributed by atoms with Gasteiger partial charge in [0.25, 0.3) is 5.91 Å². The Morgan fingerprint density at radius 3 is 2.61 bits per heavy atom. The van der Waals surface area contributed by atoms with Gasteiger partial charge in [0, 0.05) is 44.6 Å². The first-order valence-electron chi connectivity index (χ1n) is 9.65. The van der Waals surface area contributed by atoms with Gasteiger partial charge in [0.2, 0.25) is 5.91 Å². The summed E-state index contributed by atoms with van der Waals surface area (Å²) in [5, 5.41) is 0. The van der Waals surface area contributed by atoms with E-state index in [4.69, 9.17) is 5.73 Å². The third-order valence-electron chi connectivity index (χ3n) is 6.10. The van der Waals surface area contributed by atoms with Crippen molar-refractivity contribution in [1.29, 1.82) is 0 Å². The Bertz CT molecular complexity index is 930. The van der Waals surface area contributed by atoms with Crippen LogP contribution >= 0.6 is 0 Å². The van der Waals surface area contributed by atoms with Gasteiger partial charge in [-0.15, -0.1) is 0 Å². The molecule has 1 saturated heterocycles. The highest BCUT2D eigenvalue weighted by atomic mass is 19.1. The van der Waals surface area contributed by atoms with Gasteiger partial charge in [-0.3, -0.25) is 14.5 Å². The molecule has 2 amide bonds. The Labute approximate surface area is 163 Å². The number of hydrogen-bond acceptors (Lipinski definition) is 3. The number of aryl methyl sites for hydroxylation is 1. The van der Waals surface area contributed by atoms with Crippen LogP contribution in [0.1, 0.15) is 57.8 Å². The van der Waals surface area contributed by atoms with Gasteiger partial charge in [0.1, 0.15) is 5.82 Å². The van der Waals surface area contributed by atoms with Gasteiger partial charge in [-0.1, -0.05) is 0 Å². The molecule has 0 spiro atoms. The summed E-state index contributed by atoms with van der Waals surface area (Å²) in [6, 6.07) is 6.39. The number of carbonyl (C=O) groups is 2. The molecular weight excluding hydrogens is 359 g/mol. The largest absolute Gasteiger partial charge is 0.366 e. The second-order valence-corrected chi connectivity index (χ2v) is 7.79. The summed E-state index contributed by atoms with van der Waals surface area (Å²) in [7, 11) is 2.04. The van der Waals surface area contributed by atoms with Crippen molar-refractivity contribution in [3.8, 4) is 0 Å². The van der Waals surface area contributed by atoms with E-state index in [9.17, 15) is 14.0 Å². The third-order valence-corrected chi connectivity index (χ3v) is 6.10. The summed E-state index contributed by atoms with van der Waals surface area (Å²) in [6.45, 7) is 4.56. The van der Waals surface area contributed by atoms with E-state index >= 15 is 0 Å². The van der Waals surface area contributed by atoms with E-state index in [1.807, 2.05) is 31.1 Å². The maximum Gasteiger partial charge on any atom is 0.255 e. The van der Waals surface area contributed by atoms with E-state index in [0.717, 1.165) is 38.5 Å². The fraction of sp³-hybridized carbons (Fsp3) is 0.429. The van der Waals surface area contributed by atoms with Crippen LogP contribution in [0.2, 0.25) is 0 Å². The lowest BCUT2D eigenvalue weighted by Crippen LogP contribution is -2.46. The standard InChI is InChI=1S/C21H25FN4O2/c1-13-17-10-14(22)11-18(20(23)27)19(17)21(28)26(13)15-5-8-25(9-6-15)12-16-4-3-7-24(16)2/h3-4,7,10-11,13,15H,5-6,8-9,12H2,1-2H3,(H2,23,27). The summed E-state index contributed by atoms with van der Waals surface area (Å²) in [5.74, 6) is -1.51. The van der Waals surface area contributed by atoms with Crippen LogP contribution in [0, 0.1) is 5.82 Å². The fourth-order valence-electron chi connectivity index (χ4n) is 4.57. The van der Waals surface area contributed by atoms with Gasteiger partial charge in [-0.25, -0.2) is 4.39 Å². The van der Waals surface area contributed by atoms with Crippen molar-refractivity contribution < 1.29 is 14.0 Å². The molecule has 0 aliphatic carbocycles. The Morgan fingerprint density at radius 2 is 2.00 bits per heavy atom. The number of rotatable bonds is 4. The second kappa shape index (κ2) is 7.05. The number of benzene rings is 1. The van der Waals surface area contributed by atoms with E-state index in [2.05, 4.69) is 15.5 Å². The average Bonchev–Trinajstić information content (AvgIpc) is 3.16. The van der Waals surface area contributed by atoms with Crippen molar-refractivity contribution in [1.82, 2.24) is 14.4 Å². The zero-order valence-electron chi connectivity index (χ0n) is 16.2. The minimum Gasteiger partial charge on any atom is -0.366 e. The highest BCUT2D eigenvalue weighted by molar-refractivity contribution is 6.09. The number of piperidine rings is 1. The summed E-state index contributed by atoms with van der Waals surface area (Å²) in [5.41, 5.74) is 7.47. The Balaban J connectivity index is 1.50. The third kappa shape index (κ3) is 3.09. The second-order valence-electron chi connectivity index (χ2n) is 7.79. The Kier molecular flexibility index (Phi) is 4.71. The highest BCUT2D eigenvalue weighted by Crippen LogP contribution is 2.39. The molecule has 0 saturated carbocycles. The number of halogens is 1. The van der Waals surface area contributed by atoms with Crippen LogP contribution in [0.5, 0.6) is 0 Å². The molecule has 2 aromatic rings. The number of aromatic nitrogens is 1. The van der Waals surface area contributed by atoms with Crippen LogP contribution in [0.25, 0.3) is 0 Å². The topological polar surface area (TPSA) is 71.6 Å². The molecule has 1 fully saturated rings. The number of hydrogen-bond donors (Lipinski definition) is 1. The van der Waals surface area contributed by atoms with Crippen LogP contribution in [-0.4, -0.2) is 45.3 Å². The van der Waals surface area contributed by atoms with Gasteiger partial charge >= 0.3 is 0 Å². The molecule has 1 atom stereocenters. The molecule has 1 aromatic heterocycles. The van der Waals surface area contributed by atoms with Gasteiger partial charge < -0.3 is 15.2 Å². The van der Waals surface area contributed by atoms with E-state index in [0.29, 0.717) is 5.56 Å². The summed E-state index contributed by atoms with van der Waals surface area (Å²) >= 11 is 0. The number of amides is 2. The van der Waals surface area contributed by atoms with Crippen molar-refractivity contribution in [2.24, 2.45) is 12.8 Å². The van der Waals surface area contributed by atoms with Crippen molar-refractivity contribution in [2.75, 3.05) is 13.1 Å². The SMILES string of the molecule is CC1c2cc(F)cc(C(N)=O)c2C(=O)N1C1CCN(Cc2cccn2C)CC1. The van der Waals surface area contributed by atoms with Crippen molar-refractivity contribution in [3.63, 3.8) is 0 Å². The number of primary amides is 1. The van der Waals surface area contributed by atoms with Gasteiger partial charge in [-0.05, 0) is 49.6 Å². The van der Waals surface area contributed by atoms with Crippen molar-refractivity contribution in [2.45, 2.75) is 38.4 Å². The van der Waals surface area contributed by atoms with E-state index in [1.165, 1.54) is 11.8 Å². The van der Waals surface area contributed by atoms with Crippen LogP contribution < -0.4 is 5.73 Å². The fourth-order valence-corrected chi connectivity index (χ4v) is 4.57. The zero-order chi connectivity index (χ0) is 20.0. The summed E-state index contributed by atoms with van der Waals surface area (Å²) < 4.78 is 16.1. The Morgan fingerprint density at radius 1 is 1.29 bits per heavy atom. The molecule has 3 heterocycles. The van der Waals surface area contributed by atoms with Crippen LogP contribution in [0.4, 0.5) is 4.39 Å². The lowest BCUT2D eigenvalue weighted by atomic mass is 9.99. The molecule has 148 valence electrons. The molecular formula is C21H25FN4O2. The Hall–Kier alpha value is -2.67. The molecule has 0 bridgehead atoms. The number of nitrogens with two attached hydrogens (primary N) is 1. The zero-order valence-corrected chi connectivity index (χ0v) is 16.2. The molecule has 0 radical (unpaired) electrons. The van der Waals surface area contributed by atoms with Gasteiger partial charge in [-0.2, -0.15) is 0 Å². The first-order valence-corrected chi connectivity index (χ1v) is 9.65. The van der Waals surface area contributed by atoms with Crippen molar-refractivity contribution in [3.05, 3.63) is 58.7 Å². The van der Waals surface area contributed by atoms with Gasteiger partial charge in [0.15, 0.2) is 0 Å². The number of carbonyl (C=O) groups excluding carboxylic acids is 2. The molecule has 6 nitrogen and oxygen atoms in total. The highest BCUT2D eigenvalue weighted by Gasteiger charge is 2.41. The van der Waals surface area contributed by atoms with E-state index in [-0.39, 0.29) is 29.1 Å². The van der Waals surface area contributed by atoms with Crippen LogP contribution in [0.15, 0.2) is 30.5 Å².